The van der Waals surface area contributed by atoms with Gasteiger partial charge in [-0.3, -0.25) is 4.79 Å². The van der Waals surface area contributed by atoms with Crippen LogP contribution in [0, 0.1) is 11.3 Å². The first-order chi connectivity index (χ1) is 7.39. The molecule has 0 aromatic rings. The van der Waals surface area contributed by atoms with Crippen molar-refractivity contribution >= 4 is 5.91 Å². The summed E-state index contributed by atoms with van der Waals surface area (Å²) in [5.41, 5.74) is 0.210. The van der Waals surface area contributed by atoms with Crippen molar-refractivity contribution in [2.24, 2.45) is 11.3 Å². The number of rotatable bonds is 3. The molecular weight excluding hydrogens is 200 g/mol. The third-order valence-electron chi connectivity index (χ3n) is 3.63. The minimum Gasteiger partial charge on any atom is -0.352 e. The van der Waals surface area contributed by atoms with Crippen molar-refractivity contribution in [2.45, 2.75) is 53.0 Å². The van der Waals surface area contributed by atoms with Crippen LogP contribution < -0.4 is 10.6 Å². The number of amides is 1. The molecule has 1 aliphatic heterocycles. The average molecular weight is 226 g/mol. The Hall–Kier alpha value is -0.570. The molecule has 94 valence electrons. The monoisotopic (exact) mass is 226 g/mol. The van der Waals surface area contributed by atoms with Crippen LogP contribution in [0.3, 0.4) is 0 Å². The Morgan fingerprint density at radius 2 is 2.19 bits per heavy atom. The minimum atomic E-state index is 0.205. The van der Waals surface area contributed by atoms with Crippen LogP contribution in [0.2, 0.25) is 0 Å². The Kier molecular flexibility index (Phi) is 4.78. The zero-order chi connectivity index (χ0) is 12.2. The topological polar surface area (TPSA) is 41.1 Å². The van der Waals surface area contributed by atoms with Gasteiger partial charge in [-0.2, -0.15) is 0 Å². The van der Waals surface area contributed by atoms with Gasteiger partial charge in [-0.25, -0.2) is 0 Å². The first-order valence-corrected chi connectivity index (χ1v) is 6.39. The van der Waals surface area contributed by atoms with E-state index in [4.69, 9.17) is 0 Å². The van der Waals surface area contributed by atoms with E-state index in [1.54, 1.807) is 0 Å². The van der Waals surface area contributed by atoms with Gasteiger partial charge < -0.3 is 10.6 Å². The number of carbonyl (C=O) groups is 1. The van der Waals surface area contributed by atoms with Gasteiger partial charge in [0.05, 0.1) is 0 Å². The van der Waals surface area contributed by atoms with E-state index >= 15 is 0 Å². The molecule has 1 unspecified atom stereocenters. The van der Waals surface area contributed by atoms with Gasteiger partial charge >= 0.3 is 0 Å². The van der Waals surface area contributed by atoms with Gasteiger partial charge in [0.1, 0.15) is 0 Å². The summed E-state index contributed by atoms with van der Waals surface area (Å²) in [7, 11) is 0. The molecule has 0 radical (unpaired) electrons. The molecule has 1 rings (SSSR count). The molecule has 1 saturated heterocycles. The van der Waals surface area contributed by atoms with Crippen molar-refractivity contribution < 1.29 is 4.79 Å². The predicted octanol–water partition coefficient (Wildman–Crippen LogP) is 1.93. The van der Waals surface area contributed by atoms with Gasteiger partial charge in [0, 0.05) is 19.0 Å². The van der Waals surface area contributed by atoms with E-state index in [9.17, 15) is 4.79 Å². The fourth-order valence-electron chi connectivity index (χ4n) is 1.85. The number of hydrogen-bond acceptors (Lipinski definition) is 2. The summed E-state index contributed by atoms with van der Waals surface area (Å²) in [6, 6.07) is 0.341. The normalized spacial score (nSPS) is 23.9. The molecule has 0 spiro atoms. The molecule has 3 heteroatoms. The Morgan fingerprint density at radius 3 is 2.69 bits per heavy atom. The van der Waals surface area contributed by atoms with E-state index in [1.807, 2.05) is 0 Å². The van der Waals surface area contributed by atoms with Crippen molar-refractivity contribution in [2.75, 3.05) is 13.1 Å². The lowest BCUT2D eigenvalue weighted by atomic mass is 9.80. The van der Waals surface area contributed by atoms with Gasteiger partial charge in [-0.15, -0.1) is 0 Å². The molecule has 16 heavy (non-hydrogen) atoms. The first-order valence-electron chi connectivity index (χ1n) is 6.39. The summed E-state index contributed by atoms with van der Waals surface area (Å²) in [5.74, 6) is 0.625. The maximum Gasteiger partial charge on any atom is 0.220 e. The lowest BCUT2D eigenvalue weighted by Gasteiger charge is -2.28. The SMILES string of the molecule is CC(CC(=O)N[C@@H]1CCCNC1)C(C)(C)C. The molecule has 0 aromatic heterocycles. The van der Waals surface area contributed by atoms with Crippen molar-refractivity contribution in [3.63, 3.8) is 0 Å². The molecule has 1 heterocycles. The zero-order valence-electron chi connectivity index (χ0n) is 11.1. The summed E-state index contributed by atoms with van der Waals surface area (Å²) in [6.07, 6.45) is 2.92. The molecule has 0 saturated carbocycles. The quantitative estimate of drug-likeness (QED) is 0.772. The molecule has 1 aliphatic rings. The minimum absolute atomic E-state index is 0.205. The van der Waals surface area contributed by atoms with Crippen LogP contribution in [0.25, 0.3) is 0 Å². The lowest BCUT2D eigenvalue weighted by Crippen LogP contribution is -2.46. The van der Waals surface area contributed by atoms with Crippen LogP contribution in [-0.4, -0.2) is 25.0 Å². The van der Waals surface area contributed by atoms with Crippen LogP contribution in [0.4, 0.5) is 0 Å². The Bertz CT molecular complexity index is 227. The molecule has 1 amide bonds. The van der Waals surface area contributed by atoms with Gasteiger partial charge in [-0.05, 0) is 30.7 Å². The first kappa shape index (κ1) is 13.5. The van der Waals surface area contributed by atoms with Crippen LogP contribution >= 0.6 is 0 Å². The van der Waals surface area contributed by atoms with Gasteiger partial charge in [0.15, 0.2) is 0 Å². The van der Waals surface area contributed by atoms with E-state index in [0.29, 0.717) is 18.4 Å². The van der Waals surface area contributed by atoms with E-state index in [0.717, 1.165) is 19.5 Å². The van der Waals surface area contributed by atoms with Crippen molar-refractivity contribution in [1.29, 1.82) is 0 Å². The smallest absolute Gasteiger partial charge is 0.220 e. The molecular formula is C13H26N2O. The highest BCUT2D eigenvalue weighted by atomic mass is 16.1. The third-order valence-corrected chi connectivity index (χ3v) is 3.63. The molecule has 2 N–H and O–H groups in total. The Balaban J connectivity index is 2.29. The van der Waals surface area contributed by atoms with E-state index in [-0.39, 0.29) is 11.3 Å². The zero-order valence-corrected chi connectivity index (χ0v) is 11.1. The highest BCUT2D eigenvalue weighted by Crippen LogP contribution is 2.27. The fourth-order valence-corrected chi connectivity index (χ4v) is 1.85. The third kappa shape index (κ3) is 4.52. The Labute approximate surface area is 99.4 Å². The van der Waals surface area contributed by atoms with Crippen molar-refractivity contribution in [1.82, 2.24) is 10.6 Å². The summed E-state index contributed by atoms with van der Waals surface area (Å²) in [5, 5.41) is 6.43. The van der Waals surface area contributed by atoms with Gasteiger partial charge in [0.25, 0.3) is 0 Å². The number of hydrogen-bond donors (Lipinski definition) is 2. The fraction of sp³-hybridized carbons (Fsp3) is 0.923. The molecule has 2 atom stereocenters. The summed E-state index contributed by atoms with van der Waals surface area (Å²) in [4.78, 5) is 11.8. The van der Waals surface area contributed by atoms with Crippen LogP contribution in [0.1, 0.15) is 47.0 Å². The summed E-state index contributed by atoms with van der Waals surface area (Å²) in [6.45, 7) is 10.7. The van der Waals surface area contributed by atoms with Crippen LogP contribution in [0.15, 0.2) is 0 Å². The second-order valence-corrected chi connectivity index (χ2v) is 6.08. The summed E-state index contributed by atoms with van der Waals surface area (Å²) < 4.78 is 0. The maximum atomic E-state index is 11.8. The summed E-state index contributed by atoms with van der Waals surface area (Å²) >= 11 is 0. The molecule has 0 aliphatic carbocycles. The van der Waals surface area contributed by atoms with Gasteiger partial charge in [-0.1, -0.05) is 27.7 Å². The maximum absolute atomic E-state index is 11.8. The molecule has 1 fully saturated rings. The Morgan fingerprint density at radius 1 is 1.50 bits per heavy atom. The van der Waals surface area contributed by atoms with E-state index in [2.05, 4.69) is 38.3 Å². The highest BCUT2D eigenvalue weighted by Gasteiger charge is 2.23. The van der Waals surface area contributed by atoms with Crippen LogP contribution in [-0.2, 0) is 4.79 Å². The van der Waals surface area contributed by atoms with Crippen LogP contribution in [0.5, 0.6) is 0 Å². The highest BCUT2D eigenvalue weighted by molar-refractivity contribution is 5.76. The largest absolute Gasteiger partial charge is 0.352 e. The average Bonchev–Trinajstić information content (AvgIpc) is 2.17. The van der Waals surface area contributed by atoms with Crippen molar-refractivity contribution in [3.8, 4) is 0 Å². The number of carbonyl (C=O) groups excluding carboxylic acids is 1. The van der Waals surface area contributed by atoms with E-state index in [1.165, 1.54) is 6.42 Å². The van der Waals surface area contributed by atoms with Crippen molar-refractivity contribution in [3.05, 3.63) is 0 Å². The molecule has 3 nitrogen and oxygen atoms in total. The van der Waals surface area contributed by atoms with E-state index < -0.39 is 0 Å². The van der Waals surface area contributed by atoms with Gasteiger partial charge in [0.2, 0.25) is 5.91 Å². The lowest BCUT2D eigenvalue weighted by molar-refractivity contribution is -0.123. The molecule has 0 bridgehead atoms. The molecule has 0 aromatic carbocycles. The standard InChI is InChI=1S/C13H26N2O/c1-10(13(2,3)4)8-12(16)15-11-6-5-7-14-9-11/h10-11,14H,5-9H2,1-4H3,(H,15,16)/t10?,11-/m1/s1. The predicted molar refractivity (Wildman–Crippen MR) is 67.3 cm³/mol. The second-order valence-electron chi connectivity index (χ2n) is 6.08. The number of nitrogens with one attached hydrogen (secondary N) is 2. The number of piperidine rings is 1. The second kappa shape index (κ2) is 5.67.